The van der Waals surface area contributed by atoms with E-state index in [1.165, 1.54) is 12.8 Å². The van der Waals surface area contributed by atoms with Crippen LogP contribution >= 0.6 is 0 Å². The first-order valence-electron chi connectivity index (χ1n) is 10.3. The maximum atomic E-state index is 6.33. The van der Waals surface area contributed by atoms with Crippen LogP contribution in [0.2, 0.25) is 0 Å². The highest BCUT2D eigenvalue weighted by Gasteiger charge is 2.20. The SMILES string of the molecule is COc1ccc(N(Cc2cccc(C)n2)c2ccccc2)cc1OC1CCCC1. The molecule has 0 N–H and O–H groups in total. The summed E-state index contributed by atoms with van der Waals surface area (Å²) in [4.78, 5) is 6.97. The molecule has 4 heteroatoms. The van der Waals surface area contributed by atoms with Gasteiger partial charge >= 0.3 is 0 Å². The molecule has 4 rings (SSSR count). The third-order valence-electron chi connectivity index (χ3n) is 5.39. The van der Waals surface area contributed by atoms with Gasteiger partial charge in [0, 0.05) is 23.1 Å². The van der Waals surface area contributed by atoms with Gasteiger partial charge in [-0.2, -0.15) is 0 Å². The van der Waals surface area contributed by atoms with E-state index < -0.39 is 0 Å². The van der Waals surface area contributed by atoms with Crippen molar-refractivity contribution < 1.29 is 9.47 Å². The predicted molar refractivity (Wildman–Crippen MR) is 117 cm³/mol. The lowest BCUT2D eigenvalue weighted by Crippen LogP contribution is -2.18. The summed E-state index contributed by atoms with van der Waals surface area (Å²) in [6, 6.07) is 22.7. The molecule has 4 nitrogen and oxygen atoms in total. The second-order valence-electron chi connectivity index (χ2n) is 7.55. The topological polar surface area (TPSA) is 34.6 Å². The lowest BCUT2D eigenvalue weighted by atomic mass is 10.2. The van der Waals surface area contributed by atoms with Crippen LogP contribution in [-0.4, -0.2) is 18.2 Å². The van der Waals surface area contributed by atoms with Crippen LogP contribution in [0.25, 0.3) is 0 Å². The van der Waals surface area contributed by atoms with Crippen molar-refractivity contribution in [3.8, 4) is 11.5 Å². The molecule has 0 amide bonds. The zero-order valence-electron chi connectivity index (χ0n) is 17.2. The first kappa shape index (κ1) is 19.3. The van der Waals surface area contributed by atoms with Gasteiger partial charge in [-0.25, -0.2) is 0 Å². The fourth-order valence-electron chi connectivity index (χ4n) is 3.90. The monoisotopic (exact) mass is 388 g/mol. The van der Waals surface area contributed by atoms with E-state index in [0.717, 1.165) is 47.1 Å². The number of para-hydroxylation sites is 1. The van der Waals surface area contributed by atoms with Crippen LogP contribution < -0.4 is 14.4 Å². The second-order valence-corrected chi connectivity index (χ2v) is 7.55. The smallest absolute Gasteiger partial charge is 0.163 e. The molecule has 3 aromatic rings. The average Bonchev–Trinajstić information content (AvgIpc) is 3.26. The van der Waals surface area contributed by atoms with Gasteiger partial charge in [-0.15, -0.1) is 0 Å². The average molecular weight is 389 g/mol. The van der Waals surface area contributed by atoms with Crippen LogP contribution in [0.1, 0.15) is 37.1 Å². The summed E-state index contributed by atoms with van der Waals surface area (Å²) < 4.78 is 11.9. The Balaban J connectivity index is 1.69. The van der Waals surface area contributed by atoms with Crippen LogP contribution in [0.15, 0.2) is 66.7 Å². The molecule has 1 aliphatic carbocycles. The van der Waals surface area contributed by atoms with Crippen molar-refractivity contribution in [1.29, 1.82) is 0 Å². The van der Waals surface area contributed by atoms with Crippen LogP contribution in [-0.2, 0) is 6.54 Å². The van der Waals surface area contributed by atoms with Gasteiger partial charge in [0.1, 0.15) is 0 Å². The highest BCUT2D eigenvalue weighted by Crippen LogP contribution is 2.37. The first-order valence-corrected chi connectivity index (χ1v) is 10.3. The molecule has 0 atom stereocenters. The van der Waals surface area contributed by atoms with E-state index >= 15 is 0 Å². The second kappa shape index (κ2) is 8.99. The van der Waals surface area contributed by atoms with Crippen molar-refractivity contribution in [2.45, 2.75) is 45.3 Å². The molecule has 0 aliphatic heterocycles. The largest absolute Gasteiger partial charge is 0.493 e. The molecule has 29 heavy (non-hydrogen) atoms. The molecule has 0 spiro atoms. The number of methoxy groups -OCH3 is 1. The minimum Gasteiger partial charge on any atom is -0.493 e. The Morgan fingerprint density at radius 3 is 2.41 bits per heavy atom. The maximum absolute atomic E-state index is 6.33. The number of hydrogen-bond acceptors (Lipinski definition) is 4. The molecule has 1 heterocycles. The van der Waals surface area contributed by atoms with Crippen LogP contribution in [0, 0.1) is 6.92 Å². The van der Waals surface area contributed by atoms with Crippen molar-refractivity contribution in [3.05, 3.63) is 78.1 Å². The third-order valence-corrected chi connectivity index (χ3v) is 5.39. The van der Waals surface area contributed by atoms with E-state index in [4.69, 9.17) is 14.5 Å². The van der Waals surface area contributed by atoms with Gasteiger partial charge < -0.3 is 14.4 Å². The summed E-state index contributed by atoms with van der Waals surface area (Å²) in [5.74, 6) is 1.59. The summed E-state index contributed by atoms with van der Waals surface area (Å²) in [6.07, 6.45) is 4.98. The number of anilines is 2. The Kier molecular flexibility index (Phi) is 5.99. The Morgan fingerprint density at radius 2 is 1.69 bits per heavy atom. The molecule has 1 saturated carbocycles. The predicted octanol–water partition coefficient (Wildman–Crippen LogP) is 6.06. The zero-order chi connectivity index (χ0) is 20.1. The minimum absolute atomic E-state index is 0.280. The number of nitrogens with zero attached hydrogens (tertiary/aromatic N) is 2. The van der Waals surface area contributed by atoms with Crippen molar-refractivity contribution in [3.63, 3.8) is 0 Å². The molecule has 150 valence electrons. The Labute approximate surface area is 173 Å². The molecule has 0 radical (unpaired) electrons. The quantitative estimate of drug-likeness (QED) is 0.493. The summed E-state index contributed by atoms with van der Waals surface area (Å²) in [7, 11) is 1.70. The summed E-state index contributed by atoms with van der Waals surface area (Å²) >= 11 is 0. The summed E-state index contributed by atoms with van der Waals surface area (Å²) in [6.45, 7) is 2.71. The van der Waals surface area contributed by atoms with E-state index in [2.05, 4.69) is 53.4 Å². The number of pyridine rings is 1. The van der Waals surface area contributed by atoms with E-state index in [-0.39, 0.29) is 6.10 Å². The van der Waals surface area contributed by atoms with Crippen molar-refractivity contribution in [1.82, 2.24) is 4.98 Å². The van der Waals surface area contributed by atoms with E-state index in [1.807, 2.05) is 25.1 Å². The van der Waals surface area contributed by atoms with Gasteiger partial charge in [0.15, 0.2) is 11.5 Å². The third kappa shape index (κ3) is 4.70. The molecular weight excluding hydrogens is 360 g/mol. The van der Waals surface area contributed by atoms with E-state index in [9.17, 15) is 0 Å². The number of benzene rings is 2. The normalized spacial score (nSPS) is 14.0. The molecule has 0 bridgehead atoms. The molecule has 1 fully saturated rings. The minimum atomic E-state index is 0.280. The standard InChI is InChI=1S/C25H28N2O2/c1-19-9-8-10-20(26-19)18-27(21-11-4-3-5-12-21)22-15-16-24(28-2)25(17-22)29-23-13-6-7-14-23/h3-5,8-12,15-17,23H,6-7,13-14,18H2,1-2H3. The summed E-state index contributed by atoms with van der Waals surface area (Å²) in [5.41, 5.74) is 4.24. The Hall–Kier alpha value is -3.01. The number of aryl methyl sites for hydroxylation is 1. The molecular formula is C25H28N2O2. The van der Waals surface area contributed by atoms with Gasteiger partial charge in [0.2, 0.25) is 0 Å². The van der Waals surface area contributed by atoms with Crippen molar-refractivity contribution >= 4 is 11.4 Å². The molecule has 0 unspecified atom stereocenters. The van der Waals surface area contributed by atoms with Crippen LogP contribution in [0.3, 0.4) is 0 Å². The molecule has 1 aromatic heterocycles. The first-order chi connectivity index (χ1) is 14.2. The van der Waals surface area contributed by atoms with Gasteiger partial charge in [-0.1, -0.05) is 24.3 Å². The lowest BCUT2D eigenvalue weighted by Gasteiger charge is -2.26. The molecule has 2 aromatic carbocycles. The van der Waals surface area contributed by atoms with Gasteiger partial charge in [-0.3, -0.25) is 4.98 Å². The van der Waals surface area contributed by atoms with Gasteiger partial charge in [-0.05, 0) is 69.0 Å². The molecule has 1 aliphatic rings. The van der Waals surface area contributed by atoms with Crippen molar-refractivity contribution in [2.24, 2.45) is 0 Å². The maximum Gasteiger partial charge on any atom is 0.163 e. The van der Waals surface area contributed by atoms with Gasteiger partial charge in [0.05, 0.1) is 25.5 Å². The fourth-order valence-corrected chi connectivity index (χ4v) is 3.90. The Bertz CT molecular complexity index is 937. The van der Waals surface area contributed by atoms with Gasteiger partial charge in [0.25, 0.3) is 0 Å². The lowest BCUT2D eigenvalue weighted by molar-refractivity contribution is 0.201. The van der Waals surface area contributed by atoms with E-state index in [0.29, 0.717) is 6.54 Å². The fraction of sp³-hybridized carbons (Fsp3) is 0.320. The summed E-state index contributed by atoms with van der Waals surface area (Å²) in [5, 5.41) is 0. The zero-order valence-corrected chi connectivity index (χ0v) is 17.2. The highest BCUT2D eigenvalue weighted by atomic mass is 16.5. The Morgan fingerprint density at radius 1 is 0.897 bits per heavy atom. The van der Waals surface area contributed by atoms with Crippen LogP contribution in [0.4, 0.5) is 11.4 Å². The highest BCUT2D eigenvalue weighted by molar-refractivity contribution is 5.66. The molecule has 0 saturated heterocycles. The van der Waals surface area contributed by atoms with Crippen molar-refractivity contribution in [2.75, 3.05) is 12.0 Å². The van der Waals surface area contributed by atoms with Crippen LogP contribution in [0.5, 0.6) is 11.5 Å². The number of hydrogen-bond donors (Lipinski definition) is 0. The number of rotatable bonds is 7. The number of aromatic nitrogens is 1. The number of ether oxygens (including phenoxy) is 2. The van der Waals surface area contributed by atoms with E-state index in [1.54, 1.807) is 7.11 Å².